The summed E-state index contributed by atoms with van der Waals surface area (Å²) in [6, 6.07) is 42.3. The lowest BCUT2D eigenvalue weighted by Crippen LogP contribution is -2.12. The predicted molar refractivity (Wildman–Crippen MR) is 182 cm³/mol. The van der Waals surface area contributed by atoms with E-state index >= 15 is 0 Å². The van der Waals surface area contributed by atoms with Gasteiger partial charge in [-0.3, -0.25) is 0 Å². The lowest BCUT2D eigenvalue weighted by molar-refractivity contribution is 0.0731. The van der Waals surface area contributed by atoms with Crippen LogP contribution in [0.25, 0.3) is 0 Å². The molecule has 0 unspecified atom stereocenters. The average Bonchev–Trinajstić information content (AvgIpc) is 3.09. The van der Waals surface area contributed by atoms with Crippen LogP contribution >= 0.6 is 0 Å². The molecule has 2 N–H and O–H groups in total. The molecule has 1 aliphatic rings. The minimum Gasteiger partial charge on any atom is -0.507 e. The van der Waals surface area contributed by atoms with Crippen LogP contribution in [0.3, 0.4) is 0 Å². The smallest absolute Gasteiger partial charge is 0.343 e. The summed E-state index contributed by atoms with van der Waals surface area (Å²) in [5.41, 5.74) is 7.85. The molecular weight excluding hydrogens is 584 g/mol. The third kappa shape index (κ3) is 6.47. The van der Waals surface area contributed by atoms with Crippen molar-refractivity contribution >= 4 is 5.97 Å². The Morgan fingerprint density at radius 1 is 0.468 bits per heavy atom. The third-order valence-corrected chi connectivity index (χ3v) is 8.72. The van der Waals surface area contributed by atoms with Crippen LogP contribution in [-0.2, 0) is 32.3 Å². The highest BCUT2D eigenvalue weighted by Gasteiger charge is 2.21. The molecule has 0 atom stereocenters. The zero-order valence-electron chi connectivity index (χ0n) is 25.9. The first-order valence-electron chi connectivity index (χ1n) is 15.8. The van der Waals surface area contributed by atoms with Crippen LogP contribution in [-0.4, -0.2) is 16.2 Å². The zero-order valence-corrected chi connectivity index (χ0v) is 25.9. The summed E-state index contributed by atoms with van der Waals surface area (Å²) in [6.45, 7) is 0.391. The van der Waals surface area contributed by atoms with Crippen LogP contribution < -0.4 is 9.47 Å². The fourth-order valence-electron chi connectivity index (χ4n) is 6.29. The Morgan fingerprint density at radius 3 is 1.30 bits per heavy atom. The summed E-state index contributed by atoms with van der Waals surface area (Å²) in [5, 5.41) is 23.3. The number of rotatable bonds is 5. The number of phenolic OH excluding ortho intramolecular Hbond substituents is 2. The Morgan fingerprint density at radius 2 is 0.851 bits per heavy atom. The normalized spacial score (nSPS) is 12.3. The van der Waals surface area contributed by atoms with Gasteiger partial charge in [-0.15, -0.1) is 0 Å². The molecule has 0 radical (unpaired) electrons. The van der Waals surface area contributed by atoms with Crippen molar-refractivity contribution < 1.29 is 24.5 Å². The van der Waals surface area contributed by atoms with Crippen molar-refractivity contribution in [3.63, 3.8) is 0 Å². The molecule has 0 heterocycles. The van der Waals surface area contributed by atoms with Crippen LogP contribution in [0.4, 0.5) is 0 Å². The molecule has 0 aliphatic heterocycles. The molecule has 8 bridgehead atoms. The quantitative estimate of drug-likeness (QED) is 0.149. The molecule has 5 heteroatoms. The number of carbonyl (C=O) groups excluding carboxylic acids is 1. The van der Waals surface area contributed by atoms with Gasteiger partial charge in [0.1, 0.15) is 29.6 Å². The first-order valence-corrected chi connectivity index (χ1v) is 15.8. The average molecular weight is 619 g/mol. The van der Waals surface area contributed by atoms with Crippen LogP contribution in [0.2, 0.25) is 0 Å². The molecule has 0 aromatic heterocycles. The number of esters is 1. The minimum absolute atomic E-state index is 0.201. The van der Waals surface area contributed by atoms with Gasteiger partial charge in [0.15, 0.2) is 0 Å². The van der Waals surface area contributed by atoms with Crippen LogP contribution in [0, 0.1) is 0 Å². The zero-order chi connectivity index (χ0) is 32.2. The highest BCUT2D eigenvalue weighted by Crippen LogP contribution is 2.38. The van der Waals surface area contributed by atoms with E-state index in [0.717, 1.165) is 55.8 Å². The molecule has 0 saturated heterocycles. The summed E-state index contributed by atoms with van der Waals surface area (Å²) in [5.74, 6) is 1.12. The second kappa shape index (κ2) is 13.3. The molecule has 0 amide bonds. The van der Waals surface area contributed by atoms with E-state index in [2.05, 4.69) is 0 Å². The SMILES string of the molecule is O=C(Oc1c2cccc1Cc1cccc(c1O)Cc1cccc(c1OCc1ccccc1)Cc1cccc(c1O)C2)c1ccccc1. The monoisotopic (exact) mass is 618 g/mol. The largest absolute Gasteiger partial charge is 0.507 e. The van der Waals surface area contributed by atoms with Crippen molar-refractivity contribution in [3.05, 3.63) is 189 Å². The van der Waals surface area contributed by atoms with E-state index in [1.807, 2.05) is 109 Å². The molecule has 0 saturated carbocycles. The van der Waals surface area contributed by atoms with Crippen LogP contribution in [0.15, 0.2) is 133 Å². The number of ether oxygens (including phenoxy) is 2. The van der Waals surface area contributed by atoms with Gasteiger partial charge < -0.3 is 19.7 Å². The molecule has 0 spiro atoms. The summed E-state index contributed by atoms with van der Waals surface area (Å²) in [4.78, 5) is 13.3. The maximum Gasteiger partial charge on any atom is 0.343 e. The van der Waals surface area contributed by atoms with Gasteiger partial charge in [-0.25, -0.2) is 4.79 Å². The highest BCUT2D eigenvalue weighted by atomic mass is 16.5. The van der Waals surface area contributed by atoms with Gasteiger partial charge in [0.05, 0.1) is 5.56 Å². The van der Waals surface area contributed by atoms with E-state index in [4.69, 9.17) is 9.47 Å². The standard InChI is InChI=1S/C42H34O5/c43-38-30-15-7-17-32(38)25-36-21-10-22-37(41(36)47-42(45)29-13-5-2-6-14-29)26-33-18-8-16-31(39(33)44)24-35-20-9-19-34(23-30)40(35)46-27-28-11-3-1-4-12-28/h1-22,43-44H,23-27H2. The lowest BCUT2D eigenvalue weighted by Gasteiger charge is -2.20. The maximum atomic E-state index is 13.3. The first-order chi connectivity index (χ1) is 23.0. The van der Waals surface area contributed by atoms with Crippen LogP contribution in [0.1, 0.15) is 60.4 Å². The van der Waals surface area contributed by atoms with Gasteiger partial charge in [-0.2, -0.15) is 0 Å². The summed E-state index contributed by atoms with van der Waals surface area (Å²) in [7, 11) is 0. The first kappa shape index (κ1) is 29.9. The molecule has 7 rings (SSSR count). The lowest BCUT2D eigenvalue weighted by atomic mass is 9.91. The third-order valence-electron chi connectivity index (χ3n) is 8.72. The number of hydrogen-bond donors (Lipinski definition) is 2. The Bertz CT molecular complexity index is 1960. The highest BCUT2D eigenvalue weighted by molar-refractivity contribution is 5.91. The van der Waals surface area contributed by atoms with Gasteiger partial charge in [0.25, 0.3) is 0 Å². The van der Waals surface area contributed by atoms with Crippen molar-refractivity contribution in [2.45, 2.75) is 32.3 Å². The number of phenols is 2. The van der Waals surface area contributed by atoms with Gasteiger partial charge in [-0.05, 0) is 62.2 Å². The topological polar surface area (TPSA) is 76.0 Å². The van der Waals surface area contributed by atoms with Crippen molar-refractivity contribution in [1.29, 1.82) is 0 Å². The molecule has 1 aliphatic carbocycles. The number of hydrogen-bond acceptors (Lipinski definition) is 5. The van der Waals surface area contributed by atoms with Crippen molar-refractivity contribution in [1.82, 2.24) is 0 Å². The van der Waals surface area contributed by atoms with E-state index in [-0.39, 0.29) is 11.5 Å². The van der Waals surface area contributed by atoms with Crippen molar-refractivity contribution in [2.75, 3.05) is 0 Å². The number of carbonyl (C=O) groups is 1. The Labute approximate surface area is 274 Å². The molecule has 5 nitrogen and oxygen atoms in total. The van der Waals surface area contributed by atoms with E-state index < -0.39 is 5.97 Å². The second-order valence-electron chi connectivity index (χ2n) is 11.9. The summed E-state index contributed by atoms with van der Waals surface area (Å²) < 4.78 is 12.7. The van der Waals surface area contributed by atoms with E-state index in [0.29, 0.717) is 43.6 Å². The van der Waals surface area contributed by atoms with Crippen LogP contribution in [0.5, 0.6) is 23.0 Å². The molecule has 47 heavy (non-hydrogen) atoms. The van der Waals surface area contributed by atoms with Crippen molar-refractivity contribution in [2.24, 2.45) is 0 Å². The second-order valence-corrected chi connectivity index (χ2v) is 11.9. The van der Waals surface area contributed by atoms with E-state index in [1.165, 1.54) is 0 Å². The number of benzene rings is 6. The molecular formula is C42H34O5. The van der Waals surface area contributed by atoms with E-state index in [9.17, 15) is 15.0 Å². The van der Waals surface area contributed by atoms with Crippen molar-refractivity contribution in [3.8, 4) is 23.0 Å². The molecule has 232 valence electrons. The number of fused-ring (bicyclic) bond motifs is 8. The minimum atomic E-state index is -0.467. The van der Waals surface area contributed by atoms with Gasteiger partial charge in [-0.1, -0.05) is 121 Å². The summed E-state index contributed by atoms with van der Waals surface area (Å²) >= 11 is 0. The molecule has 0 fully saturated rings. The van der Waals surface area contributed by atoms with Gasteiger partial charge in [0, 0.05) is 25.7 Å². The fraction of sp³-hybridized carbons (Fsp3) is 0.119. The number of para-hydroxylation sites is 4. The maximum absolute atomic E-state index is 13.3. The van der Waals surface area contributed by atoms with E-state index in [1.54, 1.807) is 24.3 Å². The number of aromatic hydroxyl groups is 2. The fourth-order valence-corrected chi connectivity index (χ4v) is 6.29. The Balaban J connectivity index is 1.35. The summed E-state index contributed by atoms with van der Waals surface area (Å²) in [6.07, 6.45) is 1.57. The molecule has 6 aromatic carbocycles. The Hall–Kier alpha value is -5.81. The molecule has 6 aromatic rings. The van der Waals surface area contributed by atoms with Gasteiger partial charge in [0.2, 0.25) is 0 Å². The predicted octanol–water partition coefficient (Wildman–Crippen LogP) is 8.57. The Kier molecular flexibility index (Phi) is 8.44. The van der Waals surface area contributed by atoms with Gasteiger partial charge >= 0.3 is 5.97 Å².